The number of rotatable bonds is 4. The van der Waals surface area contributed by atoms with Gasteiger partial charge in [0.05, 0.1) is 18.4 Å². The summed E-state index contributed by atoms with van der Waals surface area (Å²) < 4.78 is 6.43. The first-order valence-electron chi connectivity index (χ1n) is 7.00. The molecule has 1 fully saturated rings. The van der Waals surface area contributed by atoms with Crippen LogP contribution in [0.2, 0.25) is 0 Å². The Morgan fingerprint density at radius 2 is 2.00 bits per heavy atom. The van der Waals surface area contributed by atoms with Crippen molar-refractivity contribution in [2.24, 2.45) is 0 Å². The van der Waals surface area contributed by atoms with E-state index < -0.39 is 0 Å². The molecule has 1 N–H and O–H groups in total. The molecule has 0 spiro atoms. The van der Waals surface area contributed by atoms with Crippen LogP contribution >= 0.6 is 22.6 Å². The molecule has 0 aliphatic carbocycles. The minimum absolute atomic E-state index is 0.688. The minimum atomic E-state index is 0.688. The molecule has 1 aliphatic heterocycles. The topological polar surface area (TPSA) is 41.3 Å². The quantitative estimate of drug-likeness (QED) is 0.814. The number of piperidine rings is 1. The van der Waals surface area contributed by atoms with Crippen molar-refractivity contribution in [3.63, 3.8) is 0 Å². The normalized spacial score (nSPS) is 15.3. The average molecular weight is 383 g/mol. The Kier molecular flexibility index (Phi) is 4.44. The van der Waals surface area contributed by atoms with Gasteiger partial charge in [0, 0.05) is 13.1 Å². The van der Waals surface area contributed by atoms with Gasteiger partial charge in [-0.05, 0) is 66.1 Å². The zero-order valence-electron chi connectivity index (χ0n) is 11.3. The number of anilines is 2. The first-order chi connectivity index (χ1) is 9.81. The van der Waals surface area contributed by atoms with Crippen LogP contribution < -0.4 is 10.2 Å². The van der Waals surface area contributed by atoms with Crippen LogP contribution in [0.25, 0.3) is 0 Å². The highest BCUT2D eigenvalue weighted by molar-refractivity contribution is 14.1. The predicted octanol–water partition coefficient (Wildman–Crippen LogP) is 3.88. The monoisotopic (exact) mass is 383 g/mol. The van der Waals surface area contributed by atoms with E-state index in [1.807, 2.05) is 18.3 Å². The van der Waals surface area contributed by atoms with Gasteiger partial charge in [0.25, 0.3) is 0 Å². The molecule has 0 amide bonds. The van der Waals surface area contributed by atoms with Gasteiger partial charge < -0.3 is 14.6 Å². The molecule has 20 heavy (non-hydrogen) atoms. The van der Waals surface area contributed by atoms with Crippen molar-refractivity contribution in [3.8, 4) is 0 Å². The summed E-state index contributed by atoms with van der Waals surface area (Å²) in [6, 6.07) is 8.14. The average Bonchev–Trinajstić information content (AvgIpc) is 2.92. The van der Waals surface area contributed by atoms with Crippen molar-refractivity contribution in [1.82, 2.24) is 4.98 Å². The first kappa shape index (κ1) is 13.7. The second-order valence-corrected chi connectivity index (χ2v) is 6.08. The van der Waals surface area contributed by atoms with E-state index in [9.17, 15) is 0 Å². The van der Waals surface area contributed by atoms with Gasteiger partial charge in [-0.2, -0.15) is 0 Å². The van der Waals surface area contributed by atoms with E-state index in [2.05, 4.69) is 49.9 Å². The van der Waals surface area contributed by atoms with E-state index in [0.29, 0.717) is 6.54 Å². The SMILES string of the molecule is Ic1ccc(CNc2ccc(N3CCCCC3)nc2)o1. The first-order valence-corrected chi connectivity index (χ1v) is 8.08. The number of hydrogen-bond acceptors (Lipinski definition) is 4. The van der Waals surface area contributed by atoms with Gasteiger partial charge in [-0.15, -0.1) is 0 Å². The zero-order valence-corrected chi connectivity index (χ0v) is 13.5. The Labute approximate surface area is 132 Å². The highest BCUT2D eigenvalue weighted by Gasteiger charge is 2.11. The zero-order chi connectivity index (χ0) is 13.8. The van der Waals surface area contributed by atoms with Crippen LogP contribution in [0.5, 0.6) is 0 Å². The number of hydrogen-bond donors (Lipinski definition) is 1. The third-order valence-electron chi connectivity index (χ3n) is 3.52. The van der Waals surface area contributed by atoms with Crippen LogP contribution in [-0.4, -0.2) is 18.1 Å². The van der Waals surface area contributed by atoms with Crippen LogP contribution in [0.3, 0.4) is 0 Å². The second-order valence-electron chi connectivity index (χ2n) is 5.01. The van der Waals surface area contributed by atoms with Crippen molar-refractivity contribution in [1.29, 1.82) is 0 Å². The molecule has 0 saturated carbocycles. The van der Waals surface area contributed by atoms with Crippen LogP contribution in [0.1, 0.15) is 25.0 Å². The fourth-order valence-corrected chi connectivity index (χ4v) is 2.90. The van der Waals surface area contributed by atoms with Gasteiger partial charge in [0.15, 0.2) is 3.77 Å². The molecule has 5 heteroatoms. The Balaban J connectivity index is 1.58. The Hall–Kier alpha value is -1.24. The van der Waals surface area contributed by atoms with Gasteiger partial charge in [0.2, 0.25) is 0 Å². The van der Waals surface area contributed by atoms with Crippen molar-refractivity contribution in [3.05, 3.63) is 40.0 Å². The summed E-state index contributed by atoms with van der Waals surface area (Å²) in [7, 11) is 0. The molecule has 0 atom stereocenters. The molecule has 0 radical (unpaired) electrons. The van der Waals surface area contributed by atoms with Gasteiger partial charge in [-0.3, -0.25) is 0 Å². The fraction of sp³-hybridized carbons (Fsp3) is 0.400. The molecule has 2 aromatic rings. The standard InChI is InChI=1S/C15H18IN3O/c16-14-6-5-13(20-14)11-17-12-4-7-15(18-10-12)19-8-2-1-3-9-19/h4-7,10,17H,1-3,8-9,11H2. The molecule has 106 valence electrons. The fourth-order valence-electron chi connectivity index (χ4n) is 2.44. The lowest BCUT2D eigenvalue weighted by Crippen LogP contribution is -2.30. The van der Waals surface area contributed by atoms with E-state index in [4.69, 9.17) is 4.42 Å². The molecule has 1 saturated heterocycles. The molecular weight excluding hydrogens is 365 g/mol. The third kappa shape index (κ3) is 3.45. The third-order valence-corrected chi connectivity index (χ3v) is 4.10. The van der Waals surface area contributed by atoms with Crippen molar-refractivity contribution < 1.29 is 4.42 Å². The number of nitrogens with one attached hydrogen (secondary N) is 1. The maximum atomic E-state index is 5.52. The van der Waals surface area contributed by atoms with E-state index in [1.165, 1.54) is 19.3 Å². The number of halogens is 1. The Bertz CT molecular complexity index is 547. The van der Waals surface area contributed by atoms with Gasteiger partial charge in [-0.25, -0.2) is 4.98 Å². The summed E-state index contributed by atoms with van der Waals surface area (Å²) in [6.07, 6.45) is 5.80. The molecule has 3 rings (SSSR count). The van der Waals surface area contributed by atoms with Gasteiger partial charge >= 0.3 is 0 Å². The minimum Gasteiger partial charge on any atom is -0.454 e. The lowest BCUT2D eigenvalue weighted by Gasteiger charge is -2.27. The Morgan fingerprint density at radius 3 is 2.65 bits per heavy atom. The maximum Gasteiger partial charge on any atom is 0.164 e. The van der Waals surface area contributed by atoms with Crippen LogP contribution in [0, 0.1) is 3.77 Å². The maximum absolute atomic E-state index is 5.52. The summed E-state index contributed by atoms with van der Waals surface area (Å²) in [5.74, 6) is 2.03. The lowest BCUT2D eigenvalue weighted by atomic mass is 10.1. The number of nitrogens with zero attached hydrogens (tertiary/aromatic N) is 2. The number of pyridine rings is 1. The summed E-state index contributed by atoms with van der Waals surface area (Å²) in [6.45, 7) is 2.95. The summed E-state index contributed by atoms with van der Waals surface area (Å²) >= 11 is 2.17. The van der Waals surface area contributed by atoms with Crippen LogP contribution in [0.15, 0.2) is 34.9 Å². The van der Waals surface area contributed by atoms with Gasteiger partial charge in [-0.1, -0.05) is 0 Å². The van der Waals surface area contributed by atoms with Crippen molar-refractivity contribution in [2.75, 3.05) is 23.3 Å². The molecule has 0 aromatic carbocycles. The predicted molar refractivity (Wildman–Crippen MR) is 89.1 cm³/mol. The van der Waals surface area contributed by atoms with E-state index in [1.54, 1.807) is 0 Å². The van der Waals surface area contributed by atoms with E-state index in [-0.39, 0.29) is 0 Å². The van der Waals surface area contributed by atoms with Crippen molar-refractivity contribution in [2.45, 2.75) is 25.8 Å². The smallest absolute Gasteiger partial charge is 0.164 e. The summed E-state index contributed by atoms with van der Waals surface area (Å²) in [5.41, 5.74) is 1.03. The molecule has 2 aromatic heterocycles. The van der Waals surface area contributed by atoms with Crippen molar-refractivity contribution >= 4 is 34.1 Å². The summed E-state index contributed by atoms with van der Waals surface area (Å²) in [4.78, 5) is 6.91. The molecule has 0 bridgehead atoms. The van der Waals surface area contributed by atoms with Gasteiger partial charge in [0.1, 0.15) is 11.6 Å². The molecule has 4 nitrogen and oxygen atoms in total. The lowest BCUT2D eigenvalue weighted by molar-refractivity contribution is 0.493. The van der Waals surface area contributed by atoms with E-state index >= 15 is 0 Å². The Morgan fingerprint density at radius 1 is 1.15 bits per heavy atom. The van der Waals surface area contributed by atoms with E-state index in [0.717, 1.165) is 34.1 Å². The molecule has 0 unspecified atom stereocenters. The summed E-state index contributed by atoms with van der Waals surface area (Å²) in [5, 5.41) is 3.33. The second kappa shape index (κ2) is 6.47. The molecule has 1 aliphatic rings. The highest BCUT2D eigenvalue weighted by atomic mass is 127. The highest BCUT2D eigenvalue weighted by Crippen LogP contribution is 2.19. The van der Waals surface area contributed by atoms with Crippen LogP contribution in [-0.2, 0) is 6.54 Å². The number of furan rings is 1. The number of aromatic nitrogens is 1. The molecular formula is C15H18IN3O. The molecule has 3 heterocycles. The largest absolute Gasteiger partial charge is 0.454 e. The van der Waals surface area contributed by atoms with Crippen LogP contribution in [0.4, 0.5) is 11.5 Å².